The fourth-order valence-electron chi connectivity index (χ4n) is 3.44. The second-order valence-corrected chi connectivity index (χ2v) is 7.52. The van der Waals surface area contributed by atoms with E-state index >= 15 is 0 Å². The van der Waals surface area contributed by atoms with Gasteiger partial charge in [-0.1, -0.05) is 0 Å². The number of likely N-dealkylation sites (tertiary alicyclic amines) is 1. The van der Waals surface area contributed by atoms with Crippen LogP contribution in [-0.2, 0) is 12.8 Å². The molecule has 7 heteroatoms. The predicted molar refractivity (Wildman–Crippen MR) is 81.7 cm³/mol. The van der Waals surface area contributed by atoms with Crippen molar-refractivity contribution in [2.45, 2.75) is 50.8 Å². The zero-order valence-electron chi connectivity index (χ0n) is 12.7. The Morgan fingerprint density at radius 3 is 2.52 bits per heavy atom. The molecule has 1 fully saturated rings. The lowest BCUT2D eigenvalue weighted by atomic mass is 9.91. The van der Waals surface area contributed by atoms with Crippen molar-refractivity contribution in [1.82, 2.24) is 4.90 Å². The number of hydrogen-bond donors (Lipinski definition) is 1. The minimum atomic E-state index is -4.58. The van der Waals surface area contributed by atoms with Crippen molar-refractivity contribution in [1.29, 1.82) is 0 Å². The number of piperidine rings is 1. The molecular formula is C16H20F3NO2S. The van der Waals surface area contributed by atoms with E-state index in [0.29, 0.717) is 4.88 Å². The summed E-state index contributed by atoms with van der Waals surface area (Å²) in [6.07, 6.45) is -2.14. The third-order valence-corrected chi connectivity index (χ3v) is 6.04. The zero-order valence-corrected chi connectivity index (χ0v) is 13.6. The molecule has 1 aromatic heterocycles. The van der Waals surface area contributed by atoms with Crippen LogP contribution in [0.3, 0.4) is 0 Å². The van der Waals surface area contributed by atoms with E-state index in [1.165, 1.54) is 21.8 Å². The molecule has 1 saturated heterocycles. The molecule has 2 heterocycles. The van der Waals surface area contributed by atoms with Crippen molar-refractivity contribution in [3.8, 4) is 0 Å². The Hall–Kier alpha value is -1.08. The average molecular weight is 347 g/mol. The first-order valence-electron chi connectivity index (χ1n) is 8.02. The first-order chi connectivity index (χ1) is 10.9. The van der Waals surface area contributed by atoms with Gasteiger partial charge in [-0.25, -0.2) is 0 Å². The van der Waals surface area contributed by atoms with E-state index in [4.69, 9.17) is 0 Å². The van der Waals surface area contributed by atoms with Crippen LogP contribution >= 0.6 is 11.3 Å². The van der Waals surface area contributed by atoms with E-state index in [-0.39, 0.29) is 31.8 Å². The van der Waals surface area contributed by atoms with Crippen LogP contribution in [0.15, 0.2) is 6.07 Å². The molecule has 1 aliphatic heterocycles. The molecule has 0 saturated carbocycles. The number of halogens is 3. The number of nitrogens with zero attached hydrogens (tertiary/aromatic N) is 1. The lowest BCUT2D eigenvalue weighted by Crippen LogP contribution is -2.45. The molecule has 3 nitrogen and oxygen atoms in total. The monoisotopic (exact) mass is 347 g/mol. The van der Waals surface area contributed by atoms with E-state index < -0.39 is 18.2 Å². The Balaban J connectivity index is 1.61. The molecular weight excluding hydrogens is 327 g/mol. The van der Waals surface area contributed by atoms with Gasteiger partial charge < -0.3 is 10.0 Å². The summed E-state index contributed by atoms with van der Waals surface area (Å²) in [6.45, 7) is 0.554. The van der Waals surface area contributed by atoms with Crippen LogP contribution in [0, 0.1) is 5.92 Å². The highest BCUT2D eigenvalue weighted by molar-refractivity contribution is 7.14. The number of fused-ring (bicyclic) bond motifs is 1. The van der Waals surface area contributed by atoms with E-state index in [1.807, 2.05) is 6.07 Å². The van der Waals surface area contributed by atoms with Gasteiger partial charge in [-0.15, -0.1) is 11.3 Å². The minimum Gasteiger partial charge on any atom is -0.383 e. The first-order valence-corrected chi connectivity index (χ1v) is 8.83. The van der Waals surface area contributed by atoms with Gasteiger partial charge in [0.25, 0.3) is 5.91 Å². The maximum absolute atomic E-state index is 12.6. The highest BCUT2D eigenvalue weighted by Gasteiger charge is 2.44. The second kappa shape index (κ2) is 6.43. The lowest BCUT2D eigenvalue weighted by Gasteiger charge is -2.34. The van der Waals surface area contributed by atoms with Crippen molar-refractivity contribution in [3.63, 3.8) is 0 Å². The smallest absolute Gasteiger partial charge is 0.383 e. The van der Waals surface area contributed by atoms with Crippen molar-refractivity contribution < 1.29 is 23.1 Å². The lowest BCUT2D eigenvalue weighted by molar-refractivity contribution is -0.222. The molecule has 1 unspecified atom stereocenters. The van der Waals surface area contributed by atoms with Gasteiger partial charge in [0.05, 0.1) is 4.88 Å². The Bertz CT molecular complexity index is 553. The third-order valence-electron chi connectivity index (χ3n) is 4.82. The summed E-state index contributed by atoms with van der Waals surface area (Å²) in [5, 5.41) is 9.34. The van der Waals surface area contributed by atoms with Gasteiger partial charge in [-0.2, -0.15) is 13.2 Å². The van der Waals surface area contributed by atoms with Gasteiger partial charge >= 0.3 is 6.18 Å². The average Bonchev–Trinajstić information content (AvgIpc) is 2.96. The van der Waals surface area contributed by atoms with Crippen LogP contribution in [0.1, 0.15) is 45.8 Å². The molecule has 1 amide bonds. The maximum Gasteiger partial charge on any atom is 0.414 e. The van der Waals surface area contributed by atoms with Gasteiger partial charge in [-0.05, 0) is 56.1 Å². The SMILES string of the molecule is O=C(c1cc2c(s1)CCCC2)N1CCC(C(O)C(F)(F)F)CC1. The van der Waals surface area contributed by atoms with Crippen LogP contribution in [0.25, 0.3) is 0 Å². The van der Waals surface area contributed by atoms with Gasteiger partial charge in [0.1, 0.15) is 0 Å². The van der Waals surface area contributed by atoms with Gasteiger partial charge in [-0.3, -0.25) is 4.79 Å². The van der Waals surface area contributed by atoms with Crippen LogP contribution in [-0.4, -0.2) is 41.3 Å². The molecule has 3 rings (SSSR count). The molecule has 1 atom stereocenters. The van der Waals surface area contributed by atoms with Crippen LogP contribution in [0.5, 0.6) is 0 Å². The number of aliphatic hydroxyl groups is 1. The minimum absolute atomic E-state index is 0.0793. The number of aryl methyl sites for hydroxylation is 2. The van der Waals surface area contributed by atoms with Gasteiger partial charge in [0.15, 0.2) is 6.10 Å². The van der Waals surface area contributed by atoms with Gasteiger partial charge in [0, 0.05) is 18.0 Å². The van der Waals surface area contributed by atoms with Crippen molar-refractivity contribution in [2.24, 2.45) is 5.92 Å². The number of alkyl halides is 3. The molecule has 0 aromatic carbocycles. The molecule has 0 radical (unpaired) electrons. The maximum atomic E-state index is 12.6. The molecule has 1 N–H and O–H groups in total. The van der Waals surface area contributed by atoms with Crippen LogP contribution < -0.4 is 0 Å². The Kier molecular flexibility index (Phi) is 4.69. The number of hydrogen-bond acceptors (Lipinski definition) is 3. The number of carbonyl (C=O) groups excluding carboxylic acids is 1. The first kappa shape index (κ1) is 16.8. The summed E-state index contributed by atoms with van der Waals surface area (Å²) < 4.78 is 37.7. The molecule has 2 aliphatic rings. The standard InChI is InChI=1S/C16H20F3NO2S/c17-16(18,19)14(21)10-5-7-20(8-6-10)15(22)13-9-11-3-1-2-4-12(11)23-13/h9-10,14,21H,1-8H2. The number of carbonyl (C=O) groups is 1. The van der Waals surface area contributed by atoms with Gasteiger partial charge in [0.2, 0.25) is 0 Å². The predicted octanol–water partition coefficient (Wildman–Crippen LogP) is 3.40. The molecule has 0 spiro atoms. The van der Waals surface area contributed by atoms with E-state index in [1.54, 1.807) is 4.90 Å². The Morgan fingerprint density at radius 1 is 1.26 bits per heavy atom. The normalized spacial score (nSPS) is 21.1. The molecule has 23 heavy (non-hydrogen) atoms. The van der Waals surface area contributed by atoms with E-state index in [0.717, 1.165) is 25.7 Å². The molecule has 128 valence electrons. The highest BCUT2D eigenvalue weighted by Crippen LogP contribution is 2.34. The van der Waals surface area contributed by atoms with E-state index in [9.17, 15) is 23.1 Å². The molecule has 1 aliphatic carbocycles. The number of thiophene rings is 1. The highest BCUT2D eigenvalue weighted by atomic mass is 32.1. The summed E-state index contributed by atoms with van der Waals surface area (Å²) >= 11 is 1.53. The molecule has 0 bridgehead atoms. The summed E-state index contributed by atoms with van der Waals surface area (Å²) in [6, 6.07) is 1.96. The fourth-order valence-corrected chi connectivity index (χ4v) is 4.66. The van der Waals surface area contributed by atoms with Crippen molar-refractivity contribution in [2.75, 3.05) is 13.1 Å². The summed E-state index contributed by atoms with van der Waals surface area (Å²) in [4.78, 5) is 16.1. The second-order valence-electron chi connectivity index (χ2n) is 6.38. The number of amides is 1. The number of aliphatic hydroxyl groups excluding tert-OH is 1. The van der Waals surface area contributed by atoms with Crippen molar-refractivity contribution in [3.05, 3.63) is 21.4 Å². The Morgan fingerprint density at radius 2 is 1.91 bits per heavy atom. The van der Waals surface area contributed by atoms with Crippen molar-refractivity contribution >= 4 is 17.2 Å². The van der Waals surface area contributed by atoms with Crippen LogP contribution in [0.4, 0.5) is 13.2 Å². The summed E-state index contributed by atoms with van der Waals surface area (Å²) in [5.74, 6) is -0.889. The molecule has 1 aromatic rings. The number of rotatable bonds is 2. The van der Waals surface area contributed by atoms with E-state index in [2.05, 4.69) is 0 Å². The Labute approximate surface area is 137 Å². The topological polar surface area (TPSA) is 40.5 Å². The largest absolute Gasteiger partial charge is 0.414 e. The zero-order chi connectivity index (χ0) is 16.6. The van der Waals surface area contributed by atoms with Crippen LogP contribution in [0.2, 0.25) is 0 Å². The fraction of sp³-hybridized carbons (Fsp3) is 0.688. The quantitative estimate of drug-likeness (QED) is 0.891. The summed E-state index contributed by atoms with van der Waals surface area (Å²) in [5.41, 5.74) is 1.26. The summed E-state index contributed by atoms with van der Waals surface area (Å²) in [7, 11) is 0. The third kappa shape index (κ3) is 3.55.